The van der Waals surface area contributed by atoms with Gasteiger partial charge in [-0.1, -0.05) is 36.6 Å². The third-order valence-electron chi connectivity index (χ3n) is 8.05. The smallest absolute Gasteiger partial charge is 0.394 e. The van der Waals surface area contributed by atoms with Crippen molar-refractivity contribution in [2.45, 2.75) is 51.4 Å². The Labute approximate surface area is 270 Å². The first-order valence-electron chi connectivity index (χ1n) is 14.9. The van der Waals surface area contributed by atoms with Gasteiger partial charge < -0.3 is 10.4 Å². The summed E-state index contributed by atoms with van der Waals surface area (Å²) >= 11 is 6.25. The van der Waals surface area contributed by atoms with E-state index in [2.05, 4.69) is 30.7 Å². The fraction of sp³-hybridized carbons (Fsp3) is 0.323. The van der Waals surface area contributed by atoms with E-state index in [0.717, 1.165) is 10.9 Å². The molecule has 5 heterocycles. The van der Waals surface area contributed by atoms with Crippen molar-refractivity contribution < 1.29 is 23.1 Å². The molecule has 244 valence electrons. The first kappa shape index (κ1) is 32.1. The number of carbonyl (C=O) groups is 1. The number of nitrogens with zero attached hydrogens (tertiary/aromatic N) is 8. The fourth-order valence-corrected chi connectivity index (χ4v) is 5.82. The van der Waals surface area contributed by atoms with E-state index in [9.17, 15) is 27.9 Å². The van der Waals surface area contributed by atoms with Gasteiger partial charge in [0.1, 0.15) is 0 Å². The predicted octanol–water partition coefficient (Wildman–Crippen LogP) is 5.15. The first-order valence-corrected chi connectivity index (χ1v) is 15.2. The van der Waals surface area contributed by atoms with Gasteiger partial charge in [-0.25, -0.2) is 9.67 Å². The summed E-state index contributed by atoms with van der Waals surface area (Å²) < 4.78 is 43.7. The lowest BCUT2D eigenvalue weighted by Gasteiger charge is -2.20. The van der Waals surface area contributed by atoms with E-state index in [-0.39, 0.29) is 46.9 Å². The molecule has 2 bridgehead atoms. The molecule has 0 saturated heterocycles. The lowest BCUT2D eigenvalue weighted by atomic mass is 9.99. The standard InChI is InChI=1S/C31H29ClF3N9O3/c1-18-4-2-3-5-26(23-12-19(8-9-36-23)29-24(39-30(18)47)15-38-43(29)10-11-45)42-17-37-22(14-28(42)46)21-13-20(32)6-7-25(21)44-16-27(40-41-44)31(33,34)35/h6-9,12-18,26,45H,2-5,10-11H2,1H3,(H,39,47). The topological polar surface area (TPSA) is 146 Å². The van der Waals surface area contributed by atoms with Gasteiger partial charge in [0, 0.05) is 34.3 Å². The van der Waals surface area contributed by atoms with Crippen molar-refractivity contribution in [3.05, 3.63) is 88.1 Å². The molecule has 5 aromatic rings. The molecule has 0 spiro atoms. The molecule has 47 heavy (non-hydrogen) atoms. The number of aliphatic hydroxyl groups excluding tert-OH is 1. The number of anilines is 1. The zero-order valence-electron chi connectivity index (χ0n) is 25.0. The molecule has 0 radical (unpaired) electrons. The number of rotatable bonds is 5. The molecule has 2 atom stereocenters. The number of aromatic nitrogens is 8. The summed E-state index contributed by atoms with van der Waals surface area (Å²) in [6.07, 6.45) is 3.13. The Morgan fingerprint density at radius 2 is 1.89 bits per heavy atom. The van der Waals surface area contributed by atoms with Gasteiger partial charge in [0.05, 0.1) is 66.4 Å². The van der Waals surface area contributed by atoms with Gasteiger partial charge in [0.25, 0.3) is 5.56 Å². The Kier molecular flexibility index (Phi) is 8.92. The summed E-state index contributed by atoms with van der Waals surface area (Å²) in [7, 11) is 0. The molecule has 1 aliphatic rings. The second kappa shape index (κ2) is 13.1. The summed E-state index contributed by atoms with van der Waals surface area (Å²) in [5.74, 6) is -0.422. The summed E-state index contributed by atoms with van der Waals surface area (Å²) in [6.45, 7) is 1.89. The van der Waals surface area contributed by atoms with E-state index in [1.807, 2.05) is 13.0 Å². The number of hydrogen-bond donors (Lipinski definition) is 2. The van der Waals surface area contributed by atoms with Crippen molar-refractivity contribution in [2.75, 3.05) is 11.9 Å². The van der Waals surface area contributed by atoms with Crippen molar-refractivity contribution in [3.8, 4) is 28.2 Å². The number of pyridine rings is 1. The number of carbonyl (C=O) groups excluding carboxylic acids is 1. The van der Waals surface area contributed by atoms with Crippen LogP contribution in [0.1, 0.15) is 50.0 Å². The largest absolute Gasteiger partial charge is 0.436 e. The molecular formula is C31H29ClF3N9O3. The number of alkyl halides is 3. The lowest BCUT2D eigenvalue weighted by Crippen LogP contribution is -2.26. The Hall–Kier alpha value is -4.89. The van der Waals surface area contributed by atoms with Gasteiger partial charge in [-0.05, 0) is 43.2 Å². The average Bonchev–Trinajstić information content (AvgIpc) is 3.69. The SMILES string of the molecule is CC1CCCCC(n2cnc(-c3cc(Cl)ccc3-n3cc(C(F)(F)F)nn3)cc2=O)c2cc(ccn2)-c2c(cnn2CCO)NC1=O. The molecule has 6 rings (SSSR count). The van der Waals surface area contributed by atoms with Gasteiger partial charge >= 0.3 is 6.18 Å². The van der Waals surface area contributed by atoms with E-state index < -0.39 is 23.5 Å². The minimum atomic E-state index is -4.69. The van der Waals surface area contributed by atoms with Crippen LogP contribution in [0.2, 0.25) is 5.02 Å². The number of amides is 1. The van der Waals surface area contributed by atoms with E-state index >= 15 is 0 Å². The van der Waals surface area contributed by atoms with Crippen LogP contribution in [0.5, 0.6) is 0 Å². The van der Waals surface area contributed by atoms with Gasteiger partial charge in [0.15, 0.2) is 5.69 Å². The summed E-state index contributed by atoms with van der Waals surface area (Å²) in [5.41, 5.74) is 1.42. The van der Waals surface area contributed by atoms with Crippen LogP contribution in [-0.2, 0) is 17.5 Å². The van der Waals surface area contributed by atoms with Crippen molar-refractivity contribution in [3.63, 3.8) is 0 Å². The van der Waals surface area contributed by atoms with Crippen LogP contribution >= 0.6 is 11.6 Å². The number of fused-ring (bicyclic) bond motifs is 4. The summed E-state index contributed by atoms with van der Waals surface area (Å²) in [6, 6.07) is 8.80. The minimum absolute atomic E-state index is 0.142. The molecule has 0 aliphatic carbocycles. The zero-order chi connectivity index (χ0) is 33.3. The molecular weight excluding hydrogens is 639 g/mol. The van der Waals surface area contributed by atoms with Gasteiger partial charge in [-0.2, -0.15) is 18.3 Å². The lowest BCUT2D eigenvalue weighted by molar-refractivity contribution is -0.141. The number of hydrogen-bond acceptors (Lipinski definition) is 8. The van der Waals surface area contributed by atoms with Crippen LogP contribution in [0.15, 0.2) is 66.1 Å². The maximum atomic E-state index is 13.8. The average molecular weight is 668 g/mol. The van der Waals surface area contributed by atoms with Crippen molar-refractivity contribution in [1.29, 1.82) is 0 Å². The fourth-order valence-electron chi connectivity index (χ4n) is 5.64. The minimum Gasteiger partial charge on any atom is -0.394 e. The molecule has 0 fully saturated rings. The molecule has 0 saturated carbocycles. The highest BCUT2D eigenvalue weighted by Gasteiger charge is 2.35. The molecule has 12 nitrogen and oxygen atoms in total. The maximum absolute atomic E-state index is 13.8. The molecule has 4 aromatic heterocycles. The van der Waals surface area contributed by atoms with Crippen LogP contribution in [0.25, 0.3) is 28.2 Å². The van der Waals surface area contributed by atoms with Crippen molar-refractivity contribution in [1.82, 2.24) is 39.3 Å². The number of halogens is 4. The van der Waals surface area contributed by atoms with Gasteiger partial charge in [0.2, 0.25) is 5.91 Å². The summed E-state index contributed by atoms with van der Waals surface area (Å²) in [5, 5.41) is 24.1. The normalized spacial score (nSPS) is 17.3. The second-order valence-corrected chi connectivity index (χ2v) is 11.7. The molecule has 2 N–H and O–H groups in total. The Balaban J connectivity index is 1.42. The molecule has 16 heteroatoms. The highest BCUT2D eigenvalue weighted by molar-refractivity contribution is 6.31. The monoisotopic (exact) mass is 667 g/mol. The number of nitrogens with one attached hydrogen (secondary N) is 1. The van der Waals surface area contributed by atoms with E-state index in [1.54, 1.807) is 23.1 Å². The highest BCUT2D eigenvalue weighted by atomic mass is 35.5. The van der Waals surface area contributed by atoms with Crippen molar-refractivity contribution >= 4 is 23.2 Å². The number of aliphatic hydroxyl groups is 1. The van der Waals surface area contributed by atoms with Crippen molar-refractivity contribution in [2.24, 2.45) is 5.92 Å². The Bertz CT molecular complexity index is 1990. The van der Waals surface area contributed by atoms with Crippen LogP contribution in [-0.4, -0.2) is 56.9 Å². The predicted molar refractivity (Wildman–Crippen MR) is 166 cm³/mol. The zero-order valence-corrected chi connectivity index (χ0v) is 25.8. The van der Waals surface area contributed by atoms with Gasteiger partial charge in [-0.15, -0.1) is 5.10 Å². The van der Waals surface area contributed by atoms with E-state index in [1.165, 1.54) is 35.2 Å². The third kappa shape index (κ3) is 6.67. The number of benzene rings is 1. The highest BCUT2D eigenvalue weighted by Crippen LogP contribution is 2.34. The molecule has 2 unspecified atom stereocenters. The molecule has 1 amide bonds. The Morgan fingerprint density at radius 1 is 1.09 bits per heavy atom. The van der Waals surface area contributed by atoms with Crippen LogP contribution in [0.3, 0.4) is 0 Å². The van der Waals surface area contributed by atoms with Crippen LogP contribution in [0, 0.1) is 5.92 Å². The maximum Gasteiger partial charge on any atom is 0.436 e. The summed E-state index contributed by atoms with van der Waals surface area (Å²) in [4.78, 5) is 35.9. The van der Waals surface area contributed by atoms with E-state index in [0.29, 0.717) is 48.3 Å². The quantitative estimate of drug-likeness (QED) is 0.262. The van der Waals surface area contributed by atoms with Crippen LogP contribution in [0.4, 0.5) is 18.9 Å². The third-order valence-corrected chi connectivity index (χ3v) is 8.29. The van der Waals surface area contributed by atoms with E-state index in [4.69, 9.17) is 11.6 Å². The first-order chi connectivity index (χ1) is 22.5. The van der Waals surface area contributed by atoms with Gasteiger partial charge in [-0.3, -0.25) is 23.8 Å². The molecule has 1 aliphatic heterocycles. The molecule has 1 aromatic carbocycles. The van der Waals surface area contributed by atoms with Crippen LogP contribution < -0.4 is 10.9 Å². The Morgan fingerprint density at radius 3 is 2.64 bits per heavy atom. The second-order valence-electron chi connectivity index (χ2n) is 11.2.